The van der Waals surface area contributed by atoms with Crippen molar-refractivity contribution in [3.63, 3.8) is 0 Å². The Morgan fingerprint density at radius 3 is 2.14 bits per heavy atom. The average molecular weight is 200 g/mol. The van der Waals surface area contributed by atoms with Crippen LogP contribution in [-0.2, 0) is 0 Å². The number of aliphatic hydroxyl groups is 1. The molecule has 0 heterocycles. The second-order valence-corrected chi connectivity index (χ2v) is 4.02. The van der Waals surface area contributed by atoms with Gasteiger partial charge in [-0.05, 0) is 25.9 Å². The summed E-state index contributed by atoms with van der Waals surface area (Å²) in [6, 6.07) is 0.776. The van der Waals surface area contributed by atoms with Crippen LogP contribution in [0.5, 0.6) is 0 Å². The van der Waals surface area contributed by atoms with Crippen molar-refractivity contribution in [1.29, 1.82) is 0 Å². The van der Waals surface area contributed by atoms with Gasteiger partial charge in [0.05, 0.1) is 6.61 Å². The second kappa shape index (κ2) is 6.38. The first kappa shape index (κ1) is 12.0. The van der Waals surface area contributed by atoms with Gasteiger partial charge in [-0.1, -0.05) is 13.8 Å². The van der Waals surface area contributed by atoms with Gasteiger partial charge < -0.3 is 10.0 Å². The highest BCUT2D eigenvalue weighted by atomic mass is 16.3. The molecule has 3 nitrogen and oxygen atoms in total. The van der Waals surface area contributed by atoms with Crippen LogP contribution < -0.4 is 0 Å². The third-order valence-electron chi connectivity index (χ3n) is 3.05. The molecule has 0 aromatic rings. The van der Waals surface area contributed by atoms with E-state index in [0.717, 1.165) is 38.8 Å². The summed E-state index contributed by atoms with van der Waals surface area (Å²) >= 11 is 0. The van der Waals surface area contributed by atoms with E-state index in [1.54, 1.807) is 0 Å². The van der Waals surface area contributed by atoms with Gasteiger partial charge in [0.2, 0.25) is 0 Å². The number of aliphatic hydroxyl groups excluding tert-OH is 1. The molecule has 1 aliphatic rings. The largest absolute Gasteiger partial charge is 0.395 e. The standard InChI is InChI=1S/C11H24N2O/c1-3-12(4-2)7-8-13(9-10-14)11-5-6-11/h11,14H,3-10H2,1-2H3. The van der Waals surface area contributed by atoms with Crippen LogP contribution in [0.15, 0.2) is 0 Å². The third-order valence-corrected chi connectivity index (χ3v) is 3.05. The summed E-state index contributed by atoms with van der Waals surface area (Å²) in [4.78, 5) is 4.87. The van der Waals surface area contributed by atoms with E-state index in [4.69, 9.17) is 5.11 Å². The Morgan fingerprint density at radius 1 is 1.07 bits per heavy atom. The molecule has 14 heavy (non-hydrogen) atoms. The molecule has 84 valence electrons. The van der Waals surface area contributed by atoms with E-state index in [2.05, 4.69) is 23.6 Å². The molecule has 0 aromatic heterocycles. The minimum absolute atomic E-state index is 0.300. The maximum absolute atomic E-state index is 8.94. The maximum Gasteiger partial charge on any atom is 0.0558 e. The minimum atomic E-state index is 0.300. The first-order chi connectivity index (χ1) is 6.81. The molecule has 0 bridgehead atoms. The summed E-state index contributed by atoms with van der Waals surface area (Å²) in [5.41, 5.74) is 0. The number of hydrogen-bond acceptors (Lipinski definition) is 3. The molecule has 1 fully saturated rings. The lowest BCUT2D eigenvalue weighted by atomic mass is 10.4. The van der Waals surface area contributed by atoms with Gasteiger partial charge in [-0.2, -0.15) is 0 Å². The van der Waals surface area contributed by atoms with Crippen molar-refractivity contribution in [3.8, 4) is 0 Å². The topological polar surface area (TPSA) is 26.7 Å². The quantitative estimate of drug-likeness (QED) is 0.627. The molecule has 0 aromatic carbocycles. The Balaban J connectivity index is 2.17. The summed E-state index contributed by atoms with van der Waals surface area (Å²) in [5.74, 6) is 0. The van der Waals surface area contributed by atoms with Gasteiger partial charge in [0.1, 0.15) is 0 Å². The van der Waals surface area contributed by atoms with E-state index in [1.807, 2.05) is 0 Å². The number of nitrogens with zero attached hydrogens (tertiary/aromatic N) is 2. The Bertz CT molecular complexity index is 144. The first-order valence-corrected chi connectivity index (χ1v) is 5.89. The van der Waals surface area contributed by atoms with Crippen molar-refractivity contribution < 1.29 is 5.11 Å². The zero-order valence-corrected chi connectivity index (χ0v) is 9.58. The van der Waals surface area contributed by atoms with Crippen molar-refractivity contribution in [2.45, 2.75) is 32.7 Å². The summed E-state index contributed by atoms with van der Waals surface area (Å²) in [7, 11) is 0. The third kappa shape index (κ3) is 3.95. The Morgan fingerprint density at radius 2 is 1.71 bits per heavy atom. The van der Waals surface area contributed by atoms with Gasteiger partial charge in [-0.3, -0.25) is 4.90 Å². The highest BCUT2D eigenvalue weighted by Gasteiger charge is 2.28. The fourth-order valence-electron chi connectivity index (χ4n) is 1.85. The summed E-state index contributed by atoms with van der Waals surface area (Å²) < 4.78 is 0. The minimum Gasteiger partial charge on any atom is -0.395 e. The molecule has 3 heteroatoms. The van der Waals surface area contributed by atoms with Crippen LogP contribution in [-0.4, -0.2) is 60.3 Å². The van der Waals surface area contributed by atoms with E-state index in [1.165, 1.54) is 12.8 Å². The van der Waals surface area contributed by atoms with Crippen molar-refractivity contribution >= 4 is 0 Å². The van der Waals surface area contributed by atoms with Gasteiger partial charge in [0.25, 0.3) is 0 Å². The Labute approximate surface area is 87.7 Å². The normalized spacial score (nSPS) is 16.9. The predicted octanol–water partition coefficient (Wildman–Crippen LogP) is 0.785. The Hall–Kier alpha value is -0.120. The second-order valence-electron chi connectivity index (χ2n) is 4.02. The molecule has 0 aliphatic heterocycles. The monoisotopic (exact) mass is 200 g/mol. The summed E-state index contributed by atoms with van der Waals surface area (Å²) in [5, 5.41) is 8.94. The Kier molecular flexibility index (Phi) is 5.45. The molecular formula is C11H24N2O. The van der Waals surface area contributed by atoms with E-state index >= 15 is 0 Å². The van der Waals surface area contributed by atoms with Gasteiger partial charge in [-0.15, -0.1) is 0 Å². The van der Waals surface area contributed by atoms with E-state index in [9.17, 15) is 0 Å². The highest BCUT2D eigenvalue weighted by molar-refractivity contribution is 4.84. The van der Waals surface area contributed by atoms with Crippen molar-refractivity contribution in [2.75, 3.05) is 39.3 Å². The summed E-state index contributed by atoms with van der Waals surface area (Å²) in [6.45, 7) is 10.1. The number of hydrogen-bond donors (Lipinski definition) is 1. The molecule has 0 atom stereocenters. The lowest BCUT2D eigenvalue weighted by molar-refractivity contribution is 0.166. The zero-order valence-electron chi connectivity index (χ0n) is 9.58. The molecule has 0 radical (unpaired) electrons. The van der Waals surface area contributed by atoms with E-state index in [-0.39, 0.29) is 0 Å². The van der Waals surface area contributed by atoms with Crippen molar-refractivity contribution in [3.05, 3.63) is 0 Å². The van der Waals surface area contributed by atoms with Crippen LogP contribution in [0.4, 0.5) is 0 Å². The van der Waals surface area contributed by atoms with Crippen molar-refractivity contribution in [2.24, 2.45) is 0 Å². The highest BCUT2D eigenvalue weighted by Crippen LogP contribution is 2.26. The van der Waals surface area contributed by atoms with Gasteiger partial charge >= 0.3 is 0 Å². The predicted molar refractivity (Wildman–Crippen MR) is 59.5 cm³/mol. The van der Waals surface area contributed by atoms with Crippen LogP contribution in [0.2, 0.25) is 0 Å². The zero-order chi connectivity index (χ0) is 10.4. The van der Waals surface area contributed by atoms with Gasteiger partial charge in [0, 0.05) is 25.7 Å². The van der Waals surface area contributed by atoms with Gasteiger partial charge in [0.15, 0.2) is 0 Å². The molecule has 0 unspecified atom stereocenters. The molecule has 0 spiro atoms. The fourth-order valence-corrected chi connectivity index (χ4v) is 1.85. The molecule has 1 aliphatic carbocycles. The van der Waals surface area contributed by atoms with Gasteiger partial charge in [-0.25, -0.2) is 0 Å². The number of rotatable bonds is 8. The SMILES string of the molecule is CCN(CC)CCN(CCO)C1CC1. The molecule has 1 rings (SSSR count). The fraction of sp³-hybridized carbons (Fsp3) is 1.00. The maximum atomic E-state index is 8.94. The molecule has 0 amide bonds. The van der Waals surface area contributed by atoms with Crippen molar-refractivity contribution in [1.82, 2.24) is 9.80 Å². The molecule has 1 saturated carbocycles. The molecular weight excluding hydrogens is 176 g/mol. The first-order valence-electron chi connectivity index (χ1n) is 5.89. The number of likely N-dealkylation sites (N-methyl/N-ethyl adjacent to an activating group) is 1. The summed E-state index contributed by atoms with van der Waals surface area (Å²) in [6.07, 6.45) is 2.66. The van der Waals surface area contributed by atoms with Crippen LogP contribution >= 0.6 is 0 Å². The van der Waals surface area contributed by atoms with E-state index in [0.29, 0.717) is 6.61 Å². The van der Waals surface area contributed by atoms with E-state index < -0.39 is 0 Å². The molecule has 0 saturated heterocycles. The van der Waals surface area contributed by atoms with Crippen LogP contribution in [0, 0.1) is 0 Å². The smallest absolute Gasteiger partial charge is 0.0558 e. The lowest BCUT2D eigenvalue weighted by Crippen LogP contribution is -2.37. The lowest BCUT2D eigenvalue weighted by Gasteiger charge is -2.25. The van der Waals surface area contributed by atoms with Crippen LogP contribution in [0.3, 0.4) is 0 Å². The average Bonchev–Trinajstić information content (AvgIpc) is 3.01. The molecule has 1 N–H and O–H groups in total. The van der Waals surface area contributed by atoms with Crippen LogP contribution in [0.25, 0.3) is 0 Å². The van der Waals surface area contributed by atoms with Crippen LogP contribution in [0.1, 0.15) is 26.7 Å².